The maximum absolute atomic E-state index is 11.0. The first-order chi connectivity index (χ1) is 10.9. The van der Waals surface area contributed by atoms with Crippen LogP contribution in [-0.2, 0) is 9.53 Å². The Balaban J connectivity index is 0.000000422. The number of carbonyl (C=O) groups is 2. The van der Waals surface area contributed by atoms with Crippen LogP contribution in [0.25, 0.3) is 0 Å². The van der Waals surface area contributed by atoms with Crippen molar-refractivity contribution in [2.45, 2.75) is 25.8 Å². The third-order valence-corrected chi connectivity index (χ3v) is 2.61. The summed E-state index contributed by atoms with van der Waals surface area (Å²) in [4.78, 5) is 21.2. The molecule has 0 saturated heterocycles. The molecule has 8 nitrogen and oxygen atoms in total. The Labute approximate surface area is 135 Å². The lowest BCUT2D eigenvalue weighted by molar-refractivity contribution is -0.138. The van der Waals surface area contributed by atoms with Gasteiger partial charge in [-0.1, -0.05) is 18.2 Å². The van der Waals surface area contributed by atoms with Crippen molar-refractivity contribution >= 4 is 17.9 Å². The van der Waals surface area contributed by atoms with Crippen LogP contribution in [-0.4, -0.2) is 42.2 Å². The lowest BCUT2D eigenvalue weighted by Crippen LogP contribution is -2.34. The predicted molar refractivity (Wildman–Crippen MR) is 87.2 cm³/mol. The van der Waals surface area contributed by atoms with Crippen molar-refractivity contribution in [3.63, 3.8) is 0 Å². The van der Waals surface area contributed by atoms with Crippen LogP contribution in [0, 0.1) is 5.41 Å². The van der Waals surface area contributed by atoms with Gasteiger partial charge in [0.25, 0.3) is 0 Å². The average molecular weight is 324 g/mol. The number of guanidine groups is 1. The van der Waals surface area contributed by atoms with Crippen molar-refractivity contribution in [3.05, 3.63) is 35.9 Å². The molecule has 1 rings (SSSR count). The molecule has 0 aromatic heterocycles. The molecule has 23 heavy (non-hydrogen) atoms. The highest BCUT2D eigenvalue weighted by Crippen LogP contribution is 2.00. The van der Waals surface area contributed by atoms with E-state index in [0.717, 1.165) is 0 Å². The van der Waals surface area contributed by atoms with Gasteiger partial charge in [-0.15, -0.1) is 0 Å². The Hall–Kier alpha value is -2.61. The number of esters is 1. The minimum atomic E-state index is -1.00. The van der Waals surface area contributed by atoms with Gasteiger partial charge in [-0.3, -0.25) is 10.2 Å². The maximum atomic E-state index is 11.0. The lowest BCUT2D eigenvalue weighted by Gasteiger charge is -2.06. The molecule has 0 aliphatic carbocycles. The molecule has 1 aromatic rings. The fourth-order valence-corrected chi connectivity index (χ4v) is 1.46. The van der Waals surface area contributed by atoms with E-state index in [-0.39, 0.29) is 11.9 Å². The van der Waals surface area contributed by atoms with Crippen LogP contribution in [0.5, 0.6) is 0 Å². The summed E-state index contributed by atoms with van der Waals surface area (Å²) in [7, 11) is 0. The summed E-state index contributed by atoms with van der Waals surface area (Å²) in [5.74, 6) is -1.37. The predicted octanol–water partition coefficient (Wildman–Crippen LogP) is 0.525. The highest BCUT2D eigenvalue weighted by molar-refractivity contribution is 5.89. The number of nitrogens with one attached hydrogen (secondary N) is 2. The van der Waals surface area contributed by atoms with Crippen LogP contribution in [0.1, 0.15) is 30.1 Å². The number of carbonyl (C=O) groups excluding carboxylic acids is 1. The minimum Gasteiger partial charge on any atom is -0.480 e. The fourth-order valence-electron chi connectivity index (χ4n) is 1.46. The van der Waals surface area contributed by atoms with Gasteiger partial charge in [0.1, 0.15) is 6.04 Å². The van der Waals surface area contributed by atoms with Crippen molar-refractivity contribution < 1.29 is 19.4 Å². The minimum absolute atomic E-state index is 0.112. The van der Waals surface area contributed by atoms with Crippen LogP contribution >= 0.6 is 0 Å². The molecule has 0 radical (unpaired) electrons. The van der Waals surface area contributed by atoms with Crippen LogP contribution in [0.2, 0.25) is 0 Å². The number of carboxylic acid groups (broad SMARTS) is 1. The molecular weight excluding hydrogens is 300 g/mol. The van der Waals surface area contributed by atoms with E-state index >= 15 is 0 Å². The van der Waals surface area contributed by atoms with E-state index in [4.69, 9.17) is 26.7 Å². The number of aliphatic carboxylic acids is 1. The van der Waals surface area contributed by atoms with Crippen molar-refractivity contribution in [2.75, 3.05) is 13.2 Å². The summed E-state index contributed by atoms with van der Waals surface area (Å²) < 4.78 is 4.79. The number of ether oxygens (including phenoxy) is 1. The fraction of sp³-hybridized carbons (Fsp3) is 0.400. The summed E-state index contributed by atoms with van der Waals surface area (Å²) in [5.41, 5.74) is 10.8. The molecule has 0 amide bonds. The van der Waals surface area contributed by atoms with E-state index in [1.54, 1.807) is 19.1 Å². The molecule has 0 spiro atoms. The van der Waals surface area contributed by atoms with Gasteiger partial charge in [0.05, 0.1) is 12.2 Å². The molecule has 0 heterocycles. The number of rotatable bonds is 7. The molecule has 0 aliphatic rings. The molecule has 0 saturated carbocycles. The molecule has 1 aromatic carbocycles. The van der Waals surface area contributed by atoms with Crippen LogP contribution in [0.15, 0.2) is 30.3 Å². The summed E-state index contributed by atoms with van der Waals surface area (Å²) in [6.07, 6.45) is 0.975. The van der Waals surface area contributed by atoms with E-state index in [0.29, 0.717) is 31.6 Å². The zero-order chi connectivity index (χ0) is 17.7. The second kappa shape index (κ2) is 12.0. The zero-order valence-corrected chi connectivity index (χ0v) is 13.1. The summed E-state index contributed by atoms with van der Waals surface area (Å²) >= 11 is 0. The lowest BCUT2D eigenvalue weighted by atomic mass is 10.2. The van der Waals surface area contributed by atoms with Gasteiger partial charge in [0.2, 0.25) is 0 Å². The quantitative estimate of drug-likeness (QED) is 0.212. The van der Waals surface area contributed by atoms with Gasteiger partial charge in [0.15, 0.2) is 5.96 Å². The van der Waals surface area contributed by atoms with E-state index < -0.39 is 12.0 Å². The molecular formula is C15H24N4O4. The van der Waals surface area contributed by atoms with Crippen molar-refractivity contribution in [1.29, 1.82) is 5.41 Å². The number of hydrogen-bond acceptors (Lipinski definition) is 5. The second-order valence-electron chi connectivity index (χ2n) is 4.51. The Morgan fingerprint density at radius 1 is 1.35 bits per heavy atom. The van der Waals surface area contributed by atoms with E-state index in [1.165, 1.54) is 0 Å². The van der Waals surface area contributed by atoms with Gasteiger partial charge in [0, 0.05) is 6.54 Å². The average Bonchev–Trinajstić information content (AvgIpc) is 2.52. The van der Waals surface area contributed by atoms with Crippen LogP contribution in [0.4, 0.5) is 0 Å². The van der Waals surface area contributed by atoms with Crippen LogP contribution < -0.4 is 16.8 Å². The normalized spacial score (nSPS) is 10.7. The van der Waals surface area contributed by atoms with Crippen molar-refractivity contribution in [3.8, 4) is 0 Å². The van der Waals surface area contributed by atoms with E-state index in [9.17, 15) is 9.59 Å². The number of nitrogens with two attached hydrogens (primary N) is 2. The van der Waals surface area contributed by atoms with Gasteiger partial charge < -0.3 is 26.6 Å². The standard InChI is InChI=1S/C9H10O2.C6H14N4O2/c1-2-11-9(10)8-6-4-3-5-7-8;7-4(5(11)12)2-1-3-10-6(8)9/h3-7H,2H2,1H3;4H,1-3,7H2,(H,11,12)(H4,8,9,10). The highest BCUT2D eigenvalue weighted by atomic mass is 16.5. The third-order valence-electron chi connectivity index (χ3n) is 2.61. The smallest absolute Gasteiger partial charge is 0.338 e. The molecule has 0 fully saturated rings. The SMILES string of the molecule is CCOC(=O)c1ccccc1.N=C(N)NCCCC(N)C(=O)O. The van der Waals surface area contributed by atoms with Gasteiger partial charge in [-0.2, -0.15) is 0 Å². The Bertz CT molecular complexity index is 494. The maximum Gasteiger partial charge on any atom is 0.338 e. The first kappa shape index (κ1) is 20.4. The number of hydrogen-bond donors (Lipinski definition) is 5. The molecule has 0 bridgehead atoms. The summed E-state index contributed by atoms with van der Waals surface area (Å²) in [6.45, 7) is 2.70. The summed E-state index contributed by atoms with van der Waals surface area (Å²) in [5, 5.41) is 17.7. The largest absolute Gasteiger partial charge is 0.480 e. The Morgan fingerprint density at radius 3 is 2.43 bits per heavy atom. The van der Waals surface area contributed by atoms with E-state index in [2.05, 4.69) is 5.32 Å². The monoisotopic (exact) mass is 324 g/mol. The van der Waals surface area contributed by atoms with Gasteiger partial charge in [-0.05, 0) is 31.9 Å². The highest BCUT2D eigenvalue weighted by Gasteiger charge is 2.09. The first-order valence-electron chi connectivity index (χ1n) is 7.16. The van der Waals surface area contributed by atoms with Gasteiger partial charge in [-0.25, -0.2) is 4.79 Å². The molecule has 128 valence electrons. The number of carboxylic acids is 1. The molecule has 7 N–H and O–H groups in total. The van der Waals surface area contributed by atoms with E-state index in [1.807, 2.05) is 18.2 Å². The Morgan fingerprint density at radius 2 is 1.96 bits per heavy atom. The summed E-state index contributed by atoms with van der Waals surface area (Å²) in [6, 6.07) is 8.13. The Kier molecular flexibility index (Phi) is 10.6. The molecule has 8 heteroatoms. The first-order valence-corrected chi connectivity index (χ1v) is 7.16. The van der Waals surface area contributed by atoms with Crippen molar-refractivity contribution in [2.24, 2.45) is 11.5 Å². The molecule has 1 atom stereocenters. The van der Waals surface area contributed by atoms with Crippen LogP contribution in [0.3, 0.4) is 0 Å². The second-order valence-corrected chi connectivity index (χ2v) is 4.51. The van der Waals surface area contributed by atoms with Crippen molar-refractivity contribution in [1.82, 2.24) is 5.32 Å². The third kappa shape index (κ3) is 10.7. The zero-order valence-electron chi connectivity index (χ0n) is 13.1. The number of benzene rings is 1. The topological polar surface area (TPSA) is 152 Å². The molecule has 1 unspecified atom stereocenters. The molecule has 0 aliphatic heterocycles. The van der Waals surface area contributed by atoms with Gasteiger partial charge >= 0.3 is 11.9 Å².